The Morgan fingerprint density at radius 3 is 2.47 bits per heavy atom. The lowest BCUT2D eigenvalue weighted by Gasteiger charge is -2.63. The number of fused-ring (bicyclic) bond motifs is 6. The number of piperazine rings is 1. The minimum atomic E-state index is -0.699. The number of rotatable bonds is 7. The molecule has 1 aromatic heterocycles. The minimum Gasteiger partial charge on any atom is -0.390 e. The van der Waals surface area contributed by atoms with Gasteiger partial charge in [0, 0.05) is 44.4 Å². The fourth-order valence-corrected chi connectivity index (χ4v) is 12.4. The van der Waals surface area contributed by atoms with Crippen molar-refractivity contribution < 1.29 is 19.1 Å². The van der Waals surface area contributed by atoms with Gasteiger partial charge in [0.2, 0.25) is 5.91 Å². The van der Waals surface area contributed by atoms with Gasteiger partial charge in [-0.15, -0.1) is 0 Å². The number of H-pyrrole nitrogens is 1. The first-order valence-electron chi connectivity index (χ1n) is 20.5. The van der Waals surface area contributed by atoms with Gasteiger partial charge in [-0.25, -0.2) is 9.49 Å². The summed E-state index contributed by atoms with van der Waals surface area (Å²) in [6.45, 7) is 6.59. The zero-order valence-corrected chi connectivity index (χ0v) is 31.7. The maximum absolute atomic E-state index is 15.0. The zero-order valence-electron chi connectivity index (χ0n) is 31.7. The Hall–Kier alpha value is -3.59. The molecule has 4 saturated carbocycles. The van der Waals surface area contributed by atoms with Crippen LogP contribution in [0.4, 0.5) is 4.39 Å². The van der Waals surface area contributed by atoms with Crippen LogP contribution in [-0.2, 0) is 11.2 Å². The van der Waals surface area contributed by atoms with Gasteiger partial charge >= 0.3 is 0 Å². The van der Waals surface area contributed by atoms with E-state index in [1.807, 2.05) is 17.0 Å². The molecular formula is C44H57FN4O4. The summed E-state index contributed by atoms with van der Waals surface area (Å²) >= 11 is 0. The van der Waals surface area contributed by atoms with Crippen LogP contribution in [0.1, 0.15) is 125 Å². The standard InChI is InChI=1S/C44H57FN4O4/c1-42-20-16-36-33(14-13-30-8-5-6-18-43(30,36)2)35(42)17-21-44(53,28-42)19-7-11-39(50)48-22-24-49(25-23-48)41(52)34-26-29(12-15-37(34)45)27-38-31-9-3-4-10-32(31)40(51)47-46-38/h3-4,9-10,12,15,26,30,33,35-36,53H,5-8,11,13-14,16-25,27-28H2,1-2H3,(H,47,51)/t30?,33-,35?,36?,42+,43-,44-/m0/s1. The first-order chi connectivity index (χ1) is 25.5. The molecule has 1 saturated heterocycles. The molecule has 284 valence electrons. The summed E-state index contributed by atoms with van der Waals surface area (Å²) in [7, 11) is 0. The molecule has 0 radical (unpaired) electrons. The number of halogens is 1. The van der Waals surface area contributed by atoms with E-state index in [1.54, 1.807) is 29.2 Å². The van der Waals surface area contributed by atoms with Crippen LogP contribution in [-0.4, -0.2) is 68.7 Å². The van der Waals surface area contributed by atoms with Crippen molar-refractivity contribution >= 4 is 22.6 Å². The Balaban J connectivity index is 0.825. The summed E-state index contributed by atoms with van der Waals surface area (Å²) in [5.41, 5.74) is 1.10. The maximum atomic E-state index is 15.0. The molecule has 9 heteroatoms. The second-order valence-corrected chi connectivity index (χ2v) is 18.1. The second kappa shape index (κ2) is 14.2. The van der Waals surface area contributed by atoms with Gasteiger partial charge in [0.05, 0.1) is 22.2 Å². The number of hydrogen-bond donors (Lipinski definition) is 2. The highest BCUT2D eigenvalue weighted by atomic mass is 19.1. The Bertz CT molecular complexity index is 1920. The monoisotopic (exact) mass is 724 g/mol. The third kappa shape index (κ3) is 6.85. The van der Waals surface area contributed by atoms with Crippen molar-refractivity contribution in [3.63, 3.8) is 0 Å². The molecule has 5 aliphatic rings. The molecule has 2 N–H and O–H groups in total. The van der Waals surface area contributed by atoms with Gasteiger partial charge < -0.3 is 14.9 Å². The van der Waals surface area contributed by atoms with Gasteiger partial charge in [-0.2, -0.15) is 5.10 Å². The molecule has 7 atom stereocenters. The summed E-state index contributed by atoms with van der Waals surface area (Å²) in [5, 5.41) is 19.9. The molecule has 2 amide bonds. The van der Waals surface area contributed by atoms with Crippen LogP contribution in [0.25, 0.3) is 10.8 Å². The van der Waals surface area contributed by atoms with E-state index >= 15 is 4.39 Å². The van der Waals surface area contributed by atoms with Gasteiger partial charge in [-0.05, 0) is 129 Å². The number of aliphatic hydroxyl groups is 1. The fraction of sp³-hybridized carbons (Fsp3) is 0.636. The minimum absolute atomic E-state index is 0.00276. The van der Waals surface area contributed by atoms with Crippen molar-refractivity contribution in [2.45, 2.75) is 116 Å². The van der Waals surface area contributed by atoms with E-state index in [9.17, 15) is 19.5 Å². The average molecular weight is 725 g/mol. The quantitative estimate of drug-likeness (QED) is 0.260. The normalized spacial score (nSPS) is 32.8. The summed E-state index contributed by atoms with van der Waals surface area (Å²) < 4.78 is 15.0. The zero-order chi connectivity index (χ0) is 37.0. The first-order valence-corrected chi connectivity index (χ1v) is 20.5. The Kier molecular flexibility index (Phi) is 9.78. The maximum Gasteiger partial charge on any atom is 0.272 e. The van der Waals surface area contributed by atoms with Gasteiger partial charge in [0.25, 0.3) is 11.5 Å². The molecule has 5 fully saturated rings. The Morgan fingerprint density at radius 2 is 1.66 bits per heavy atom. The average Bonchev–Trinajstić information content (AvgIpc) is 3.15. The second-order valence-electron chi connectivity index (χ2n) is 18.1. The van der Waals surface area contributed by atoms with Crippen molar-refractivity contribution in [1.82, 2.24) is 20.0 Å². The number of aromatic amines is 1. The number of carbonyl (C=O) groups is 2. The van der Waals surface area contributed by atoms with Crippen molar-refractivity contribution in [1.29, 1.82) is 0 Å². The molecule has 0 bridgehead atoms. The van der Waals surface area contributed by atoms with E-state index in [-0.39, 0.29) is 22.4 Å². The van der Waals surface area contributed by atoms with E-state index in [4.69, 9.17) is 0 Å². The van der Waals surface area contributed by atoms with E-state index in [2.05, 4.69) is 24.0 Å². The highest BCUT2D eigenvalue weighted by Crippen LogP contribution is 2.66. The number of carbonyl (C=O) groups excluding carboxylic acids is 2. The van der Waals surface area contributed by atoms with Crippen LogP contribution >= 0.6 is 0 Å². The molecule has 53 heavy (non-hydrogen) atoms. The summed E-state index contributed by atoms with van der Waals surface area (Å²) in [6, 6.07) is 11.7. The smallest absolute Gasteiger partial charge is 0.272 e. The van der Waals surface area contributed by atoms with Gasteiger partial charge in [0.1, 0.15) is 5.82 Å². The molecule has 1 aliphatic heterocycles. The number of hydrogen-bond acceptors (Lipinski definition) is 5. The van der Waals surface area contributed by atoms with Crippen molar-refractivity contribution in [2.75, 3.05) is 26.2 Å². The number of amides is 2. The molecule has 3 unspecified atom stereocenters. The molecule has 3 aromatic rings. The van der Waals surface area contributed by atoms with Gasteiger partial charge in [-0.1, -0.05) is 51.0 Å². The van der Waals surface area contributed by atoms with Crippen molar-refractivity contribution in [2.24, 2.45) is 34.5 Å². The number of benzene rings is 2. The molecular weight excluding hydrogens is 668 g/mol. The van der Waals surface area contributed by atoms with Crippen molar-refractivity contribution in [3.05, 3.63) is 75.5 Å². The van der Waals surface area contributed by atoms with E-state index in [0.717, 1.165) is 42.4 Å². The summed E-state index contributed by atoms with van der Waals surface area (Å²) in [5.74, 6) is 2.39. The number of nitrogens with zero attached hydrogens (tertiary/aromatic N) is 3. The number of aromatic nitrogens is 2. The van der Waals surface area contributed by atoms with Crippen LogP contribution in [0.5, 0.6) is 0 Å². The van der Waals surface area contributed by atoms with Gasteiger partial charge in [-0.3, -0.25) is 14.4 Å². The molecule has 8 rings (SSSR count). The molecule has 2 aromatic carbocycles. The highest BCUT2D eigenvalue weighted by Gasteiger charge is 2.58. The van der Waals surface area contributed by atoms with E-state index < -0.39 is 17.3 Å². The molecule has 0 spiro atoms. The summed E-state index contributed by atoms with van der Waals surface area (Å²) in [4.78, 5) is 42.5. The molecule has 4 aliphatic carbocycles. The van der Waals surface area contributed by atoms with Crippen LogP contribution in [0.15, 0.2) is 47.3 Å². The first kappa shape index (κ1) is 36.4. The Labute approximate surface area is 312 Å². The SMILES string of the molecule is C[C@]12CCC3[C@@H](CCC4CCCC[C@@]43C)C1CC[C@@](O)(CCCC(=O)N1CCN(C(=O)c3cc(Cc4n[nH]c(=O)c5ccccc45)ccc3F)CC1)C2. The third-order valence-corrected chi connectivity index (χ3v) is 15.1. The Morgan fingerprint density at radius 1 is 0.906 bits per heavy atom. The molecule has 8 nitrogen and oxygen atoms in total. The predicted octanol–water partition coefficient (Wildman–Crippen LogP) is 7.66. The predicted molar refractivity (Wildman–Crippen MR) is 204 cm³/mol. The summed E-state index contributed by atoms with van der Waals surface area (Å²) in [6.07, 6.45) is 15.9. The third-order valence-electron chi connectivity index (χ3n) is 15.1. The lowest BCUT2D eigenvalue weighted by atomic mass is 9.42. The fourth-order valence-electron chi connectivity index (χ4n) is 12.4. The lowest BCUT2D eigenvalue weighted by Crippen LogP contribution is -2.56. The topological polar surface area (TPSA) is 107 Å². The van der Waals surface area contributed by atoms with Crippen LogP contribution in [0.3, 0.4) is 0 Å². The van der Waals surface area contributed by atoms with E-state index in [0.29, 0.717) is 79.8 Å². The van der Waals surface area contributed by atoms with Crippen LogP contribution in [0.2, 0.25) is 0 Å². The van der Waals surface area contributed by atoms with E-state index in [1.165, 1.54) is 57.4 Å². The van der Waals surface area contributed by atoms with Crippen LogP contribution in [0, 0.1) is 40.3 Å². The highest BCUT2D eigenvalue weighted by molar-refractivity contribution is 5.95. The van der Waals surface area contributed by atoms with Crippen LogP contribution < -0.4 is 5.56 Å². The largest absolute Gasteiger partial charge is 0.390 e. The van der Waals surface area contributed by atoms with Crippen molar-refractivity contribution in [3.8, 4) is 0 Å². The lowest BCUT2D eigenvalue weighted by molar-refractivity contribution is -0.161. The molecule has 2 heterocycles. The van der Waals surface area contributed by atoms with Gasteiger partial charge in [0.15, 0.2) is 0 Å². The number of nitrogens with one attached hydrogen (secondary N) is 1.